The smallest absolute Gasteiger partial charge is 0.311 e. The van der Waals surface area contributed by atoms with Crippen LogP contribution in [0.4, 0.5) is 5.13 Å². The monoisotopic (exact) mass is 394 g/mol. The summed E-state index contributed by atoms with van der Waals surface area (Å²) >= 11 is 2.72. The molecule has 0 aromatic carbocycles. The molecule has 0 unspecified atom stereocenters. The Morgan fingerprint density at radius 2 is 2.27 bits per heavy atom. The molecule has 138 valence electrons. The van der Waals surface area contributed by atoms with Crippen molar-refractivity contribution in [1.82, 2.24) is 14.5 Å². The van der Waals surface area contributed by atoms with E-state index in [1.807, 2.05) is 0 Å². The minimum Gasteiger partial charge on any atom is -0.466 e. The van der Waals surface area contributed by atoms with Gasteiger partial charge in [0.2, 0.25) is 5.91 Å². The Bertz CT molecular complexity index is 893. The van der Waals surface area contributed by atoms with E-state index in [0.29, 0.717) is 33.9 Å². The number of carbonyl (C=O) groups is 2. The van der Waals surface area contributed by atoms with Crippen molar-refractivity contribution >= 4 is 40.1 Å². The molecule has 2 aromatic rings. The van der Waals surface area contributed by atoms with Gasteiger partial charge in [-0.3, -0.25) is 19.0 Å². The van der Waals surface area contributed by atoms with Crippen LogP contribution in [0.15, 0.2) is 21.5 Å². The standard InChI is InChI=1S/C16H18N4O4S2/c1-3-24-13(22)4-10-7-25-15(18-10)19-12(21)5-11-8-26-16-17-6-9(2)14(23)20(11)16/h6-7,11H,3-5,8H2,1-2H3,(H,18,19,21)/t11-/m0/s1. The first-order valence-corrected chi connectivity index (χ1v) is 9.95. The van der Waals surface area contributed by atoms with Gasteiger partial charge >= 0.3 is 5.97 Å². The predicted octanol–water partition coefficient (Wildman–Crippen LogP) is 1.79. The molecule has 10 heteroatoms. The lowest BCUT2D eigenvalue weighted by molar-refractivity contribution is -0.142. The molecule has 0 fully saturated rings. The van der Waals surface area contributed by atoms with Crippen LogP contribution in [0.25, 0.3) is 0 Å². The fourth-order valence-electron chi connectivity index (χ4n) is 2.56. The van der Waals surface area contributed by atoms with Gasteiger partial charge in [0.25, 0.3) is 5.56 Å². The lowest BCUT2D eigenvalue weighted by Crippen LogP contribution is -2.28. The maximum atomic E-state index is 12.3. The van der Waals surface area contributed by atoms with Crippen molar-refractivity contribution in [2.24, 2.45) is 0 Å². The first-order chi connectivity index (χ1) is 12.5. The van der Waals surface area contributed by atoms with Crippen LogP contribution in [0.1, 0.15) is 30.6 Å². The van der Waals surface area contributed by atoms with Crippen LogP contribution < -0.4 is 10.9 Å². The Morgan fingerprint density at radius 3 is 3.04 bits per heavy atom. The van der Waals surface area contributed by atoms with Gasteiger partial charge in [-0.2, -0.15) is 0 Å². The zero-order valence-corrected chi connectivity index (χ0v) is 16.0. The zero-order valence-electron chi connectivity index (χ0n) is 14.4. The number of anilines is 1. The number of nitrogens with one attached hydrogen (secondary N) is 1. The predicted molar refractivity (Wildman–Crippen MR) is 98.7 cm³/mol. The van der Waals surface area contributed by atoms with Crippen molar-refractivity contribution in [1.29, 1.82) is 0 Å². The van der Waals surface area contributed by atoms with Gasteiger partial charge in [-0.1, -0.05) is 11.8 Å². The molecule has 0 saturated heterocycles. The van der Waals surface area contributed by atoms with Gasteiger partial charge in [0, 0.05) is 29.3 Å². The number of ether oxygens (including phenoxy) is 1. The van der Waals surface area contributed by atoms with Crippen molar-refractivity contribution in [2.75, 3.05) is 17.7 Å². The van der Waals surface area contributed by atoms with Crippen LogP contribution in [-0.2, 0) is 20.7 Å². The molecule has 2 aromatic heterocycles. The minimum absolute atomic E-state index is 0.0766. The van der Waals surface area contributed by atoms with E-state index in [-0.39, 0.29) is 36.3 Å². The number of nitrogens with zero attached hydrogens (tertiary/aromatic N) is 3. The number of fused-ring (bicyclic) bond motifs is 1. The number of rotatable bonds is 6. The van der Waals surface area contributed by atoms with Gasteiger partial charge in [0.05, 0.1) is 24.8 Å². The summed E-state index contributed by atoms with van der Waals surface area (Å²) in [5.41, 5.74) is 1.01. The number of aromatic nitrogens is 3. The van der Waals surface area contributed by atoms with E-state index in [4.69, 9.17) is 4.74 Å². The number of esters is 1. The van der Waals surface area contributed by atoms with Gasteiger partial charge in [0.15, 0.2) is 10.3 Å². The van der Waals surface area contributed by atoms with E-state index in [1.165, 1.54) is 23.1 Å². The summed E-state index contributed by atoms with van der Waals surface area (Å²) in [5, 5.41) is 5.51. The third-order valence-electron chi connectivity index (χ3n) is 3.75. The van der Waals surface area contributed by atoms with Gasteiger partial charge in [-0.25, -0.2) is 9.97 Å². The second kappa shape index (κ2) is 8.00. The van der Waals surface area contributed by atoms with Gasteiger partial charge < -0.3 is 10.1 Å². The first-order valence-electron chi connectivity index (χ1n) is 8.08. The summed E-state index contributed by atoms with van der Waals surface area (Å²) in [6.45, 7) is 3.77. The molecule has 1 aliphatic heterocycles. The Hall–Kier alpha value is -2.20. The van der Waals surface area contributed by atoms with Gasteiger partial charge in [0.1, 0.15) is 0 Å². The van der Waals surface area contributed by atoms with Crippen LogP contribution in [-0.4, -0.2) is 38.8 Å². The summed E-state index contributed by atoms with van der Waals surface area (Å²) in [4.78, 5) is 44.6. The molecule has 1 N–H and O–H groups in total. The van der Waals surface area contributed by atoms with E-state index >= 15 is 0 Å². The highest BCUT2D eigenvalue weighted by atomic mass is 32.2. The van der Waals surface area contributed by atoms with Crippen LogP contribution in [0.2, 0.25) is 0 Å². The number of hydrogen-bond acceptors (Lipinski definition) is 8. The summed E-state index contributed by atoms with van der Waals surface area (Å²) in [6, 6.07) is -0.228. The topological polar surface area (TPSA) is 103 Å². The zero-order chi connectivity index (χ0) is 18.7. The molecule has 0 radical (unpaired) electrons. The molecule has 0 spiro atoms. The maximum Gasteiger partial charge on any atom is 0.311 e. The van der Waals surface area contributed by atoms with E-state index < -0.39 is 0 Å². The van der Waals surface area contributed by atoms with Gasteiger partial charge in [-0.15, -0.1) is 11.3 Å². The fraction of sp³-hybridized carbons (Fsp3) is 0.438. The molecule has 1 amide bonds. The third kappa shape index (κ3) is 4.13. The lowest BCUT2D eigenvalue weighted by Gasteiger charge is -2.12. The largest absolute Gasteiger partial charge is 0.466 e. The molecule has 3 heterocycles. The lowest BCUT2D eigenvalue weighted by atomic mass is 10.2. The Labute approximate surface area is 158 Å². The number of carbonyl (C=O) groups excluding carboxylic acids is 2. The van der Waals surface area contributed by atoms with Crippen molar-refractivity contribution in [2.45, 2.75) is 37.9 Å². The van der Waals surface area contributed by atoms with Crippen molar-refractivity contribution < 1.29 is 14.3 Å². The molecule has 1 atom stereocenters. The van der Waals surface area contributed by atoms with E-state index in [1.54, 1.807) is 30.0 Å². The number of aryl methyl sites for hydroxylation is 1. The van der Waals surface area contributed by atoms with Crippen molar-refractivity contribution in [3.63, 3.8) is 0 Å². The fourth-order valence-corrected chi connectivity index (χ4v) is 4.39. The Kier molecular flexibility index (Phi) is 5.72. The average Bonchev–Trinajstić information content (AvgIpc) is 3.18. The number of amides is 1. The van der Waals surface area contributed by atoms with Crippen molar-refractivity contribution in [3.05, 3.63) is 33.2 Å². The highest BCUT2D eigenvalue weighted by Gasteiger charge is 2.27. The second-order valence-electron chi connectivity index (χ2n) is 5.74. The Morgan fingerprint density at radius 1 is 1.46 bits per heavy atom. The van der Waals surface area contributed by atoms with E-state index in [2.05, 4.69) is 15.3 Å². The summed E-state index contributed by atoms with van der Waals surface area (Å²) < 4.78 is 6.47. The third-order valence-corrected chi connectivity index (χ3v) is 5.67. The SMILES string of the molecule is CCOC(=O)Cc1csc(NC(=O)C[C@H]2CSc3ncc(C)c(=O)n32)n1. The van der Waals surface area contributed by atoms with Crippen LogP contribution in [0, 0.1) is 6.92 Å². The average molecular weight is 394 g/mol. The summed E-state index contributed by atoms with van der Waals surface area (Å²) in [6.07, 6.45) is 1.80. The molecule has 1 aliphatic rings. The maximum absolute atomic E-state index is 12.3. The second-order valence-corrected chi connectivity index (χ2v) is 7.59. The van der Waals surface area contributed by atoms with Crippen LogP contribution >= 0.6 is 23.1 Å². The number of hydrogen-bond donors (Lipinski definition) is 1. The quantitative estimate of drug-likeness (QED) is 0.588. The highest BCUT2D eigenvalue weighted by Crippen LogP contribution is 2.32. The van der Waals surface area contributed by atoms with E-state index in [0.717, 1.165) is 0 Å². The molecule has 3 rings (SSSR count). The minimum atomic E-state index is -0.350. The van der Waals surface area contributed by atoms with Crippen LogP contribution in [0.5, 0.6) is 0 Å². The molecule has 26 heavy (non-hydrogen) atoms. The van der Waals surface area contributed by atoms with Crippen LogP contribution in [0.3, 0.4) is 0 Å². The molecular weight excluding hydrogens is 376 g/mol. The molecule has 8 nitrogen and oxygen atoms in total. The molecule has 0 aliphatic carbocycles. The number of thiazole rings is 1. The normalized spacial score (nSPS) is 15.5. The Balaban J connectivity index is 1.61. The summed E-state index contributed by atoms with van der Waals surface area (Å²) in [7, 11) is 0. The first kappa shape index (κ1) is 18.6. The molecule has 0 bridgehead atoms. The highest BCUT2D eigenvalue weighted by molar-refractivity contribution is 7.99. The van der Waals surface area contributed by atoms with E-state index in [9.17, 15) is 14.4 Å². The molecular formula is C16H18N4O4S2. The summed E-state index contributed by atoms with van der Waals surface area (Å²) in [5.74, 6) is 0.0526. The number of thioether (sulfide) groups is 1. The molecule has 0 saturated carbocycles. The van der Waals surface area contributed by atoms with Gasteiger partial charge in [-0.05, 0) is 13.8 Å². The van der Waals surface area contributed by atoms with Crippen molar-refractivity contribution in [3.8, 4) is 0 Å².